The van der Waals surface area contributed by atoms with Crippen molar-refractivity contribution in [1.82, 2.24) is 24.7 Å². The Bertz CT molecular complexity index is 584. The van der Waals surface area contributed by atoms with Gasteiger partial charge in [0.05, 0.1) is 7.11 Å². The number of nitrogens with one attached hydrogen (secondary N) is 2. The summed E-state index contributed by atoms with van der Waals surface area (Å²) in [5.74, 6) is 0.559. The van der Waals surface area contributed by atoms with E-state index in [2.05, 4.69) is 35.4 Å². The molecule has 0 amide bonds. The third-order valence-corrected chi connectivity index (χ3v) is 2.46. The summed E-state index contributed by atoms with van der Waals surface area (Å²) in [6.07, 6.45) is 3.33. The monoisotopic (exact) mass is 277 g/mol. The summed E-state index contributed by atoms with van der Waals surface area (Å²) in [5, 5.41) is 9.73. The van der Waals surface area contributed by atoms with E-state index in [0.717, 1.165) is 0 Å². The molecule has 2 aromatic rings. The van der Waals surface area contributed by atoms with Gasteiger partial charge in [-0.15, -0.1) is 0 Å². The van der Waals surface area contributed by atoms with E-state index in [4.69, 9.17) is 0 Å². The Labute approximate surface area is 115 Å². The molecule has 2 aromatic heterocycles. The third-order valence-electron chi connectivity index (χ3n) is 2.46. The van der Waals surface area contributed by atoms with Crippen molar-refractivity contribution in [3.8, 4) is 5.95 Å². The fraction of sp³-hybridized carbons (Fsp3) is 0.364. The van der Waals surface area contributed by atoms with Crippen molar-refractivity contribution in [1.29, 1.82) is 0 Å². The molecule has 2 heterocycles. The molecular formula is C11H15N7O2. The zero-order chi connectivity index (χ0) is 14.5. The first-order chi connectivity index (χ1) is 9.63. The smallest absolute Gasteiger partial charge is 0.328 e. The number of aromatic nitrogens is 5. The Kier molecular flexibility index (Phi) is 4.08. The van der Waals surface area contributed by atoms with Crippen molar-refractivity contribution in [2.24, 2.45) is 0 Å². The standard InChI is InChI=1S/C11H15N7O2/c1-7(8(19)20-3)14-10-15-9(12-2)16-11(17-10)18-6-4-5-13-18/h4-7H,1-3H3,(H2,12,14,15,16,17). The molecule has 1 atom stereocenters. The van der Waals surface area contributed by atoms with Crippen LogP contribution in [0.1, 0.15) is 6.92 Å². The van der Waals surface area contributed by atoms with Gasteiger partial charge in [0.1, 0.15) is 6.04 Å². The van der Waals surface area contributed by atoms with E-state index >= 15 is 0 Å². The highest BCUT2D eigenvalue weighted by Gasteiger charge is 2.15. The Hall–Kier alpha value is -2.71. The van der Waals surface area contributed by atoms with Crippen molar-refractivity contribution in [2.75, 3.05) is 24.8 Å². The van der Waals surface area contributed by atoms with Crippen LogP contribution >= 0.6 is 0 Å². The van der Waals surface area contributed by atoms with Gasteiger partial charge in [0, 0.05) is 19.4 Å². The molecule has 0 fully saturated rings. The number of methoxy groups -OCH3 is 1. The highest BCUT2D eigenvalue weighted by atomic mass is 16.5. The molecule has 0 aromatic carbocycles. The van der Waals surface area contributed by atoms with E-state index in [1.165, 1.54) is 11.8 Å². The highest BCUT2D eigenvalue weighted by molar-refractivity contribution is 5.77. The molecule has 0 bridgehead atoms. The van der Waals surface area contributed by atoms with Crippen molar-refractivity contribution in [3.05, 3.63) is 18.5 Å². The summed E-state index contributed by atoms with van der Waals surface area (Å²) in [6.45, 7) is 1.66. The van der Waals surface area contributed by atoms with E-state index in [1.807, 2.05) is 0 Å². The third kappa shape index (κ3) is 2.99. The molecule has 2 rings (SSSR count). The van der Waals surface area contributed by atoms with Crippen molar-refractivity contribution < 1.29 is 9.53 Å². The second-order valence-corrected chi connectivity index (χ2v) is 3.87. The van der Waals surface area contributed by atoms with Gasteiger partial charge >= 0.3 is 5.97 Å². The lowest BCUT2D eigenvalue weighted by atomic mass is 10.3. The van der Waals surface area contributed by atoms with Crippen molar-refractivity contribution in [2.45, 2.75) is 13.0 Å². The lowest BCUT2D eigenvalue weighted by Gasteiger charge is -2.12. The maximum Gasteiger partial charge on any atom is 0.328 e. The molecule has 2 N–H and O–H groups in total. The first kappa shape index (κ1) is 13.7. The summed E-state index contributed by atoms with van der Waals surface area (Å²) >= 11 is 0. The molecule has 20 heavy (non-hydrogen) atoms. The number of carbonyl (C=O) groups is 1. The number of ether oxygens (including phenoxy) is 1. The van der Waals surface area contributed by atoms with Gasteiger partial charge < -0.3 is 15.4 Å². The van der Waals surface area contributed by atoms with Gasteiger partial charge in [-0.05, 0) is 13.0 Å². The highest BCUT2D eigenvalue weighted by Crippen LogP contribution is 2.09. The normalized spacial score (nSPS) is 11.8. The van der Waals surface area contributed by atoms with Crippen LogP contribution in [0.5, 0.6) is 0 Å². The molecule has 0 aliphatic heterocycles. The molecule has 0 aliphatic carbocycles. The SMILES string of the molecule is CNc1nc(NC(C)C(=O)OC)nc(-n2cccn2)n1. The van der Waals surface area contributed by atoms with Crippen LogP contribution in [0.4, 0.5) is 11.9 Å². The van der Waals surface area contributed by atoms with Crippen molar-refractivity contribution in [3.63, 3.8) is 0 Å². The van der Waals surface area contributed by atoms with Gasteiger partial charge in [-0.25, -0.2) is 9.48 Å². The van der Waals surface area contributed by atoms with Gasteiger partial charge in [0.15, 0.2) is 0 Å². The molecule has 0 saturated carbocycles. The number of hydrogen-bond acceptors (Lipinski definition) is 8. The number of esters is 1. The van der Waals surface area contributed by atoms with Gasteiger partial charge in [0.2, 0.25) is 11.9 Å². The van der Waals surface area contributed by atoms with Crippen LogP contribution in [0.25, 0.3) is 5.95 Å². The van der Waals surface area contributed by atoms with Crippen LogP contribution in [-0.4, -0.2) is 50.9 Å². The quantitative estimate of drug-likeness (QED) is 0.739. The summed E-state index contributed by atoms with van der Waals surface area (Å²) < 4.78 is 6.13. The van der Waals surface area contributed by atoms with Crippen LogP contribution in [0.2, 0.25) is 0 Å². The van der Waals surface area contributed by atoms with Crippen LogP contribution in [-0.2, 0) is 9.53 Å². The van der Waals surface area contributed by atoms with Gasteiger partial charge in [-0.1, -0.05) is 0 Å². The number of hydrogen-bond donors (Lipinski definition) is 2. The lowest BCUT2D eigenvalue weighted by Crippen LogP contribution is -2.28. The number of nitrogens with zero attached hydrogens (tertiary/aromatic N) is 5. The minimum atomic E-state index is -0.572. The number of carbonyl (C=O) groups excluding carboxylic acids is 1. The van der Waals surface area contributed by atoms with E-state index in [1.54, 1.807) is 32.4 Å². The van der Waals surface area contributed by atoms with Crippen LogP contribution in [0, 0.1) is 0 Å². The van der Waals surface area contributed by atoms with Crippen LogP contribution in [0.15, 0.2) is 18.5 Å². The zero-order valence-corrected chi connectivity index (χ0v) is 11.4. The first-order valence-corrected chi connectivity index (χ1v) is 5.92. The molecule has 1 unspecified atom stereocenters. The fourth-order valence-electron chi connectivity index (χ4n) is 1.46. The van der Waals surface area contributed by atoms with E-state index < -0.39 is 12.0 Å². The number of rotatable bonds is 5. The molecule has 0 spiro atoms. The minimum absolute atomic E-state index is 0.257. The summed E-state index contributed by atoms with van der Waals surface area (Å²) in [7, 11) is 3.01. The number of anilines is 2. The predicted molar refractivity (Wildman–Crippen MR) is 71.6 cm³/mol. The molecule has 9 heteroatoms. The van der Waals surface area contributed by atoms with E-state index in [0.29, 0.717) is 11.9 Å². The van der Waals surface area contributed by atoms with E-state index in [-0.39, 0.29) is 5.95 Å². The molecule has 0 radical (unpaired) electrons. The lowest BCUT2D eigenvalue weighted by molar-refractivity contribution is -0.141. The maximum absolute atomic E-state index is 11.4. The van der Waals surface area contributed by atoms with Gasteiger partial charge in [-0.2, -0.15) is 20.1 Å². The second kappa shape index (κ2) is 5.95. The maximum atomic E-state index is 11.4. The first-order valence-electron chi connectivity index (χ1n) is 5.92. The zero-order valence-electron chi connectivity index (χ0n) is 11.4. The minimum Gasteiger partial charge on any atom is -0.467 e. The van der Waals surface area contributed by atoms with E-state index in [9.17, 15) is 4.79 Å². The van der Waals surface area contributed by atoms with Crippen molar-refractivity contribution >= 4 is 17.9 Å². The van der Waals surface area contributed by atoms with Crippen LogP contribution in [0.3, 0.4) is 0 Å². The Balaban J connectivity index is 2.29. The summed E-state index contributed by atoms with van der Waals surface area (Å²) in [4.78, 5) is 23.9. The Morgan fingerprint density at radius 2 is 2.10 bits per heavy atom. The Morgan fingerprint density at radius 3 is 2.70 bits per heavy atom. The molecule has 0 saturated heterocycles. The Morgan fingerprint density at radius 1 is 1.35 bits per heavy atom. The molecule has 0 aliphatic rings. The second-order valence-electron chi connectivity index (χ2n) is 3.87. The largest absolute Gasteiger partial charge is 0.467 e. The average Bonchev–Trinajstić information content (AvgIpc) is 3.00. The molecule has 106 valence electrons. The summed E-state index contributed by atoms with van der Waals surface area (Å²) in [6, 6.07) is 1.19. The summed E-state index contributed by atoms with van der Waals surface area (Å²) in [5.41, 5.74) is 0. The van der Waals surface area contributed by atoms with Gasteiger partial charge in [-0.3, -0.25) is 0 Å². The average molecular weight is 277 g/mol. The van der Waals surface area contributed by atoms with Gasteiger partial charge in [0.25, 0.3) is 5.95 Å². The topological polar surface area (TPSA) is 107 Å². The predicted octanol–water partition coefficient (Wildman–Crippen LogP) is 0.0724. The molecule has 9 nitrogen and oxygen atoms in total. The van der Waals surface area contributed by atoms with Crippen LogP contribution < -0.4 is 10.6 Å². The fourth-order valence-corrected chi connectivity index (χ4v) is 1.46. The molecular weight excluding hydrogens is 262 g/mol.